The van der Waals surface area contributed by atoms with Crippen molar-refractivity contribution in [3.05, 3.63) is 182 Å². The third kappa shape index (κ3) is 4.64. The lowest BCUT2D eigenvalue weighted by Crippen LogP contribution is -2.09. The van der Waals surface area contributed by atoms with Crippen LogP contribution in [-0.2, 0) is 0 Å². The van der Waals surface area contributed by atoms with Crippen molar-refractivity contribution in [3.8, 4) is 17.2 Å². The van der Waals surface area contributed by atoms with E-state index in [0.717, 1.165) is 77.4 Å². The summed E-state index contributed by atoms with van der Waals surface area (Å²) in [6.07, 6.45) is 0. The van der Waals surface area contributed by atoms with Crippen molar-refractivity contribution in [1.29, 1.82) is 0 Å². The SMILES string of the molecule is c1ccc(-c2nc(-n3c4ccc(N(c5ccccc5)c5ccccc5)cc4c4c5ccccc5ccc43)nc3c2oc2cc4ccccc4cc23)cc1. The van der Waals surface area contributed by atoms with Gasteiger partial charge >= 0.3 is 0 Å². The molecule has 5 nitrogen and oxygen atoms in total. The number of nitrogens with zero attached hydrogens (tertiary/aromatic N) is 4. The zero-order valence-corrected chi connectivity index (χ0v) is 28.5. The molecule has 11 aromatic rings. The van der Waals surface area contributed by atoms with Gasteiger partial charge in [0.1, 0.15) is 16.8 Å². The average molecular weight is 679 g/mol. The van der Waals surface area contributed by atoms with Crippen LogP contribution in [0.4, 0.5) is 17.1 Å². The Labute approximate surface area is 304 Å². The van der Waals surface area contributed by atoms with E-state index < -0.39 is 0 Å². The lowest BCUT2D eigenvalue weighted by atomic mass is 10.0. The molecule has 8 aromatic carbocycles. The van der Waals surface area contributed by atoms with Gasteiger partial charge in [0, 0.05) is 38.8 Å². The highest BCUT2D eigenvalue weighted by atomic mass is 16.3. The molecule has 5 heteroatoms. The standard InChI is InChI=1S/C48H30N4O/c1-4-15-32(16-5-1)45-47-46(40-28-33-17-10-11-18-34(33)29-43(40)53-47)50-48(49-45)52-41-27-25-37(51(35-19-6-2-7-20-35)36-21-8-3-9-22-36)30-39(41)44-38-23-13-12-14-31(38)24-26-42(44)52/h1-30H. The molecule has 0 aliphatic heterocycles. The van der Waals surface area contributed by atoms with Crippen LogP contribution in [0.2, 0.25) is 0 Å². The Kier molecular flexibility index (Phi) is 6.48. The van der Waals surface area contributed by atoms with Crippen molar-refractivity contribution in [2.24, 2.45) is 0 Å². The second-order valence-electron chi connectivity index (χ2n) is 13.4. The number of fused-ring (bicyclic) bond motifs is 9. The van der Waals surface area contributed by atoms with Crippen LogP contribution in [0.15, 0.2) is 186 Å². The molecule has 0 saturated heterocycles. The van der Waals surface area contributed by atoms with E-state index in [-0.39, 0.29) is 0 Å². The maximum atomic E-state index is 6.64. The van der Waals surface area contributed by atoms with Gasteiger partial charge in [-0.25, -0.2) is 9.97 Å². The van der Waals surface area contributed by atoms with Gasteiger partial charge in [0.25, 0.3) is 0 Å². The predicted octanol–water partition coefficient (Wildman–Crippen LogP) is 12.9. The predicted molar refractivity (Wildman–Crippen MR) is 219 cm³/mol. The second kappa shape index (κ2) is 11.7. The number of furan rings is 1. The average Bonchev–Trinajstić information content (AvgIpc) is 3.76. The van der Waals surface area contributed by atoms with Crippen molar-refractivity contribution in [2.45, 2.75) is 0 Å². The van der Waals surface area contributed by atoms with Crippen molar-refractivity contribution in [2.75, 3.05) is 4.90 Å². The highest BCUT2D eigenvalue weighted by molar-refractivity contribution is 6.22. The van der Waals surface area contributed by atoms with Gasteiger partial charge in [-0.05, 0) is 82.2 Å². The Bertz CT molecular complexity index is 3130. The normalized spacial score (nSPS) is 11.8. The molecule has 0 spiro atoms. The molecule has 3 aromatic heterocycles. The zero-order chi connectivity index (χ0) is 34.9. The fourth-order valence-electron chi connectivity index (χ4n) is 7.94. The third-order valence-electron chi connectivity index (χ3n) is 10.3. The number of rotatable bonds is 5. The summed E-state index contributed by atoms with van der Waals surface area (Å²) in [6.45, 7) is 0. The Morgan fingerprint density at radius 1 is 0.453 bits per heavy atom. The molecule has 0 unspecified atom stereocenters. The molecule has 0 aliphatic rings. The van der Waals surface area contributed by atoms with Gasteiger partial charge in [0.2, 0.25) is 5.95 Å². The Balaban J connectivity index is 1.24. The fraction of sp³-hybridized carbons (Fsp3) is 0. The monoisotopic (exact) mass is 678 g/mol. The molecule has 0 fully saturated rings. The molecule has 0 radical (unpaired) electrons. The van der Waals surface area contributed by atoms with E-state index in [1.54, 1.807) is 0 Å². The van der Waals surface area contributed by atoms with Crippen LogP contribution >= 0.6 is 0 Å². The Hall–Kier alpha value is -7.24. The summed E-state index contributed by atoms with van der Waals surface area (Å²) >= 11 is 0. The molecule has 11 rings (SSSR count). The van der Waals surface area contributed by atoms with E-state index in [1.807, 2.05) is 18.2 Å². The van der Waals surface area contributed by atoms with Gasteiger partial charge in [-0.2, -0.15) is 0 Å². The minimum absolute atomic E-state index is 0.596. The topological polar surface area (TPSA) is 47.1 Å². The molecule has 0 aliphatic carbocycles. The number of para-hydroxylation sites is 2. The zero-order valence-electron chi connectivity index (χ0n) is 28.5. The van der Waals surface area contributed by atoms with Crippen molar-refractivity contribution in [3.63, 3.8) is 0 Å². The first-order chi connectivity index (χ1) is 26.3. The van der Waals surface area contributed by atoms with Crippen LogP contribution in [0.25, 0.3) is 82.6 Å². The lowest BCUT2D eigenvalue weighted by Gasteiger charge is -2.25. The van der Waals surface area contributed by atoms with E-state index in [1.165, 1.54) is 10.8 Å². The van der Waals surface area contributed by atoms with Crippen LogP contribution in [0, 0.1) is 0 Å². The smallest absolute Gasteiger partial charge is 0.236 e. The summed E-state index contributed by atoms with van der Waals surface area (Å²) in [5.74, 6) is 0.596. The van der Waals surface area contributed by atoms with Crippen molar-refractivity contribution >= 4 is 82.5 Å². The van der Waals surface area contributed by atoms with E-state index in [9.17, 15) is 0 Å². The van der Waals surface area contributed by atoms with E-state index in [2.05, 4.69) is 173 Å². The summed E-state index contributed by atoms with van der Waals surface area (Å²) in [7, 11) is 0. The maximum Gasteiger partial charge on any atom is 0.236 e. The van der Waals surface area contributed by atoms with Crippen LogP contribution < -0.4 is 4.90 Å². The molecule has 0 atom stereocenters. The molecule has 53 heavy (non-hydrogen) atoms. The summed E-state index contributed by atoms with van der Waals surface area (Å²) < 4.78 is 8.86. The van der Waals surface area contributed by atoms with Crippen molar-refractivity contribution < 1.29 is 4.42 Å². The van der Waals surface area contributed by atoms with E-state index >= 15 is 0 Å². The summed E-state index contributed by atoms with van der Waals surface area (Å²) in [6, 6.07) is 63.8. The molecule has 0 saturated carbocycles. The quantitative estimate of drug-likeness (QED) is 0.182. The van der Waals surface area contributed by atoms with Gasteiger partial charge < -0.3 is 9.32 Å². The number of aromatic nitrogens is 3. The number of benzene rings is 8. The van der Waals surface area contributed by atoms with Crippen LogP contribution in [0.1, 0.15) is 0 Å². The molecular weight excluding hydrogens is 649 g/mol. The summed E-state index contributed by atoms with van der Waals surface area (Å²) in [5.41, 5.74) is 9.31. The minimum atomic E-state index is 0.596. The Morgan fingerprint density at radius 2 is 1.08 bits per heavy atom. The largest absolute Gasteiger partial charge is 0.452 e. The van der Waals surface area contributed by atoms with E-state index in [4.69, 9.17) is 14.4 Å². The molecule has 3 heterocycles. The maximum absolute atomic E-state index is 6.64. The van der Waals surface area contributed by atoms with Gasteiger partial charge in [-0.1, -0.05) is 121 Å². The van der Waals surface area contributed by atoms with Crippen LogP contribution in [0.5, 0.6) is 0 Å². The van der Waals surface area contributed by atoms with Gasteiger partial charge in [-0.15, -0.1) is 0 Å². The highest BCUT2D eigenvalue weighted by Crippen LogP contribution is 2.43. The first kappa shape index (κ1) is 29.5. The molecule has 248 valence electrons. The summed E-state index contributed by atoms with van der Waals surface area (Å²) in [4.78, 5) is 13.0. The van der Waals surface area contributed by atoms with Gasteiger partial charge in [0.05, 0.1) is 11.0 Å². The van der Waals surface area contributed by atoms with Crippen LogP contribution in [0.3, 0.4) is 0 Å². The summed E-state index contributed by atoms with van der Waals surface area (Å²) in [5, 5.41) is 7.88. The van der Waals surface area contributed by atoms with Gasteiger partial charge in [0.15, 0.2) is 5.58 Å². The second-order valence-corrected chi connectivity index (χ2v) is 13.4. The third-order valence-corrected chi connectivity index (χ3v) is 10.3. The molecule has 0 bridgehead atoms. The van der Waals surface area contributed by atoms with Crippen LogP contribution in [-0.4, -0.2) is 14.5 Å². The highest BCUT2D eigenvalue weighted by Gasteiger charge is 2.23. The number of hydrogen-bond acceptors (Lipinski definition) is 4. The number of hydrogen-bond donors (Lipinski definition) is 0. The Morgan fingerprint density at radius 3 is 1.81 bits per heavy atom. The molecule has 0 amide bonds. The molecular formula is C48H30N4O. The number of anilines is 3. The van der Waals surface area contributed by atoms with Gasteiger partial charge in [-0.3, -0.25) is 4.57 Å². The molecule has 0 N–H and O–H groups in total. The lowest BCUT2D eigenvalue weighted by molar-refractivity contribution is 0.667. The fourth-order valence-corrected chi connectivity index (χ4v) is 7.94. The first-order valence-electron chi connectivity index (χ1n) is 17.8. The first-order valence-corrected chi connectivity index (χ1v) is 17.8. The van der Waals surface area contributed by atoms with Crippen molar-refractivity contribution in [1.82, 2.24) is 14.5 Å². The minimum Gasteiger partial charge on any atom is -0.452 e. The van der Waals surface area contributed by atoms with E-state index in [0.29, 0.717) is 11.5 Å².